The SMILES string of the molecule is CN(C)c1ccc(NCl)cc1Cl. The molecule has 0 aromatic heterocycles. The van der Waals surface area contributed by atoms with Crippen LogP contribution in [0.25, 0.3) is 0 Å². The second-order valence-electron chi connectivity index (χ2n) is 2.66. The Morgan fingerprint density at radius 3 is 2.42 bits per heavy atom. The van der Waals surface area contributed by atoms with Crippen molar-refractivity contribution in [2.45, 2.75) is 0 Å². The normalized spacial score (nSPS) is 9.67. The fourth-order valence-corrected chi connectivity index (χ4v) is 1.40. The molecule has 0 aliphatic rings. The average molecular weight is 205 g/mol. The van der Waals surface area contributed by atoms with Crippen LogP contribution in [0.4, 0.5) is 11.4 Å². The van der Waals surface area contributed by atoms with Crippen molar-refractivity contribution in [1.82, 2.24) is 0 Å². The zero-order valence-electron chi connectivity index (χ0n) is 6.94. The summed E-state index contributed by atoms with van der Waals surface area (Å²) < 4.78 is 0. The number of hydrogen-bond acceptors (Lipinski definition) is 2. The van der Waals surface area contributed by atoms with Crippen molar-refractivity contribution in [3.63, 3.8) is 0 Å². The summed E-state index contributed by atoms with van der Waals surface area (Å²) in [6.07, 6.45) is 0. The van der Waals surface area contributed by atoms with Crippen LogP contribution in [0.2, 0.25) is 5.02 Å². The molecule has 1 rings (SSSR count). The van der Waals surface area contributed by atoms with Crippen LogP contribution in [0.15, 0.2) is 18.2 Å². The van der Waals surface area contributed by atoms with E-state index in [2.05, 4.69) is 4.84 Å². The molecule has 0 saturated carbocycles. The lowest BCUT2D eigenvalue weighted by Gasteiger charge is -2.14. The van der Waals surface area contributed by atoms with Gasteiger partial charge in [0.15, 0.2) is 0 Å². The van der Waals surface area contributed by atoms with E-state index < -0.39 is 0 Å². The number of anilines is 2. The van der Waals surface area contributed by atoms with Crippen molar-refractivity contribution in [2.24, 2.45) is 0 Å². The van der Waals surface area contributed by atoms with Crippen LogP contribution >= 0.6 is 23.4 Å². The minimum Gasteiger partial charge on any atom is -0.376 e. The molecular weight excluding hydrogens is 195 g/mol. The molecule has 1 N–H and O–H groups in total. The number of halogens is 2. The Labute approximate surface area is 82.2 Å². The summed E-state index contributed by atoms with van der Waals surface area (Å²) in [6, 6.07) is 5.56. The van der Waals surface area contributed by atoms with Crippen LogP contribution in [0.3, 0.4) is 0 Å². The maximum atomic E-state index is 5.96. The number of nitrogens with zero attached hydrogens (tertiary/aromatic N) is 1. The first-order chi connectivity index (χ1) is 5.65. The molecule has 12 heavy (non-hydrogen) atoms. The Kier molecular flexibility index (Phi) is 3.06. The molecule has 0 aliphatic heterocycles. The van der Waals surface area contributed by atoms with Gasteiger partial charge in [-0.25, -0.2) is 0 Å². The van der Waals surface area contributed by atoms with Crippen LogP contribution < -0.4 is 9.74 Å². The van der Waals surface area contributed by atoms with Gasteiger partial charge in [0.05, 0.1) is 16.4 Å². The first-order valence-corrected chi connectivity index (χ1v) is 4.24. The van der Waals surface area contributed by atoms with E-state index in [1.54, 1.807) is 6.07 Å². The van der Waals surface area contributed by atoms with E-state index in [1.165, 1.54) is 0 Å². The fraction of sp³-hybridized carbons (Fsp3) is 0.250. The lowest BCUT2D eigenvalue weighted by molar-refractivity contribution is 1.13. The Bertz CT molecular complexity index is 274. The summed E-state index contributed by atoms with van der Waals surface area (Å²) in [7, 11) is 3.88. The zero-order chi connectivity index (χ0) is 9.14. The van der Waals surface area contributed by atoms with Crippen LogP contribution in [0.5, 0.6) is 0 Å². The van der Waals surface area contributed by atoms with Gasteiger partial charge in [-0.3, -0.25) is 4.84 Å². The molecule has 1 aromatic carbocycles. The predicted octanol–water partition coefficient (Wildman–Crippen LogP) is 2.97. The molecule has 0 unspecified atom stereocenters. The van der Waals surface area contributed by atoms with Crippen molar-refractivity contribution in [1.29, 1.82) is 0 Å². The largest absolute Gasteiger partial charge is 0.376 e. The van der Waals surface area contributed by atoms with Gasteiger partial charge in [0.2, 0.25) is 0 Å². The number of hydrogen-bond donors (Lipinski definition) is 1. The summed E-state index contributed by atoms with van der Waals surface area (Å²) >= 11 is 11.4. The summed E-state index contributed by atoms with van der Waals surface area (Å²) in [5, 5.41) is 0.686. The molecule has 4 heteroatoms. The van der Waals surface area contributed by atoms with Gasteiger partial charge in [0.1, 0.15) is 0 Å². The van der Waals surface area contributed by atoms with E-state index in [1.807, 2.05) is 31.1 Å². The van der Waals surface area contributed by atoms with E-state index in [-0.39, 0.29) is 0 Å². The van der Waals surface area contributed by atoms with E-state index in [0.717, 1.165) is 11.4 Å². The molecule has 0 radical (unpaired) electrons. The first-order valence-electron chi connectivity index (χ1n) is 3.48. The van der Waals surface area contributed by atoms with Gasteiger partial charge in [-0.2, -0.15) is 0 Å². The second kappa shape index (κ2) is 3.87. The highest BCUT2D eigenvalue weighted by atomic mass is 35.5. The third-order valence-electron chi connectivity index (χ3n) is 1.54. The second-order valence-corrected chi connectivity index (χ2v) is 3.25. The topological polar surface area (TPSA) is 15.3 Å². The van der Waals surface area contributed by atoms with Crippen molar-refractivity contribution in [3.05, 3.63) is 23.2 Å². The number of nitrogens with one attached hydrogen (secondary N) is 1. The molecule has 0 amide bonds. The molecule has 0 saturated heterocycles. The molecule has 66 valence electrons. The van der Waals surface area contributed by atoms with Gasteiger partial charge in [0.25, 0.3) is 0 Å². The predicted molar refractivity (Wildman–Crippen MR) is 55.3 cm³/mol. The van der Waals surface area contributed by atoms with Gasteiger partial charge < -0.3 is 4.90 Å². The van der Waals surface area contributed by atoms with Crippen molar-refractivity contribution in [3.8, 4) is 0 Å². The number of rotatable bonds is 2. The van der Waals surface area contributed by atoms with E-state index in [4.69, 9.17) is 23.4 Å². The van der Waals surface area contributed by atoms with Crippen LogP contribution in [-0.2, 0) is 0 Å². The Balaban J connectivity index is 3.03. The molecule has 0 bridgehead atoms. The smallest absolute Gasteiger partial charge is 0.0660 e. The van der Waals surface area contributed by atoms with Gasteiger partial charge in [-0.05, 0) is 18.2 Å². The maximum Gasteiger partial charge on any atom is 0.0660 e. The van der Waals surface area contributed by atoms with E-state index in [9.17, 15) is 0 Å². The highest BCUT2D eigenvalue weighted by Gasteiger charge is 2.02. The Hall–Kier alpha value is -0.600. The van der Waals surface area contributed by atoms with Gasteiger partial charge >= 0.3 is 0 Å². The standard InChI is InChI=1S/C8H10Cl2N2/c1-12(2)8-4-3-6(11-10)5-7(8)9/h3-5,11H,1-2H3. The van der Waals surface area contributed by atoms with Crippen LogP contribution in [-0.4, -0.2) is 14.1 Å². The average Bonchev–Trinajstić information content (AvgIpc) is 2.03. The molecule has 0 spiro atoms. The molecular formula is C8H10Cl2N2. The highest BCUT2D eigenvalue weighted by Crippen LogP contribution is 2.27. The first kappa shape index (κ1) is 9.49. The molecule has 0 atom stereocenters. The van der Waals surface area contributed by atoms with Gasteiger partial charge in [-0.15, -0.1) is 0 Å². The van der Waals surface area contributed by atoms with Gasteiger partial charge in [0, 0.05) is 25.9 Å². The summed E-state index contributed by atoms with van der Waals surface area (Å²) in [6.45, 7) is 0. The summed E-state index contributed by atoms with van der Waals surface area (Å²) in [5.41, 5.74) is 1.78. The van der Waals surface area contributed by atoms with Crippen molar-refractivity contribution in [2.75, 3.05) is 23.8 Å². The minimum absolute atomic E-state index is 0.686. The molecule has 2 nitrogen and oxygen atoms in total. The van der Waals surface area contributed by atoms with E-state index in [0.29, 0.717) is 5.02 Å². The fourth-order valence-electron chi connectivity index (χ4n) is 0.928. The Morgan fingerprint density at radius 2 is 2.00 bits per heavy atom. The van der Waals surface area contributed by atoms with E-state index >= 15 is 0 Å². The summed E-state index contributed by atoms with van der Waals surface area (Å²) in [4.78, 5) is 4.45. The third-order valence-corrected chi connectivity index (χ3v) is 2.06. The quantitative estimate of drug-likeness (QED) is 0.746. The summed E-state index contributed by atoms with van der Waals surface area (Å²) in [5.74, 6) is 0. The minimum atomic E-state index is 0.686. The highest BCUT2D eigenvalue weighted by molar-refractivity contribution is 6.34. The zero-order valence-corrected chi connectivity index (χ0v) is 8.45. The van der Waals surface area contributed by atoms with Crippen LogP contribution in [0.1, 0.15) is 0 Å². The van der Waals surface area contributed by atoms with Gasteiger partial charge in [-0.1, -0.05) is 11.6 Å². The van der Waals surface area contributed by atoms with Crippen molar-refractivity contribution < 1.29 is 0 Å². The molecule has 0 fully saturated rings. The third kappa shape index (κ3) is 1.96. The lowest BCUT2D eigenvalue weighted by atomic mass is 10.3. The molecule has 0 aliphatic carbocycles. The van der Waals surface area contributed by atoms with Crippen molar-refractivity contribution >= 4 is 34.8 Å². The Morgan fingerprint density at radius 1 is 1.33 bits per heavy atom. The van der Waals surface area contributed by atoms with Crippen LogP contribution in [0, 0.1) is 0 Å². The maximum absolute atomic E-state index is 5.96. The molecule has 1 aromatic rings. The lowest BCUT2D eigenvalue weighted by Crippen LogP contribution is -2.08. The molecule has 0 heterocycles. The monoisotopic (exact) mass is 204 g/mol. The number of benzene rings is 1.